The maximum absolute atomic E-state index is 13.2. The molecule has 0 amide bonds. The largest absolute Gasteiger partial charge is 0.294 e. The first-order valence-electron chi connectivity index (χ1n) is 7.12. The standard InChI is InChI=1S/C16H22BrFO/c1-2-3-4-5-6-7-8-9-16(19)13-10-14(17)12-15(18)11-13/h10-12H,2-9H2,1H3. The van der Waals surface area contributed by atoms with Crippen LogP contribution in [0.3, 0.4) is 0 Å². The molecule has 19 heavy (non-hydrogen) atoms. The molecule has 3 heteroatoms. The Labute approximate surface area is 123 Å². The summed E-state index contributed by atoms with van der Waals surface area (Å²) in [5.74, 6) is -0.328. The third-order valence-electron chi connectivity index (χ3n) is 3.19. The van der Waals surface area contributed by atoms with Gasteiger partial charge in [-0.25, -0.2) is 4.39 Å². The van der Waals surface area contributed by atoms with E-state index in [9.17, 15) is 9.18 Å². The molecule has 0 aromatic heterocycles. The molecule has 0 heterocycles. The second-order valence-electron chi connectivity index (χ2n) is 4.95. The Morgan fingerprint density at radius 3 is 2.32 bits per heavy atom. The van der Waals surface area contributed by atoms with Crippen LogP contribution < -0.4 is 0 Å². The molecule has 0 saturated heterocycles. The Hall–Kier alpha value is -0.700. The summed E-state index contributed by atoms with van der Waals surface area (Å²) in [4.78, 5) is 11.9. The van der Waals surface area contributed by atoms with Crippen molar-refractivity contribution < 1.29 is 9.18 Å². The van der Waals surface area contributed by atoms with Crippen LogP contribution in [0.25, 0.3) is 0 Å². The molecule has 0 fully saturated rings. The summed E-state index contributed by atoms with van der Waals surface area (Å²) in [5.41, 5.74) is 0.470. The smallest absolute Gasteiger partial charge is 0.163 e. The number of Topliss-reactive ketones (excluding diaryl/α,β-unsaturated/α-hetero) is 1. The van der Waals surface area contributed by atoms with Crippen molar-refractivity contribution in [1.82, 2.24) is 0 Å². The van der Waals surface area contributed by atoms with Crippen LogP contribution in [0.15, 0.2) is 22.7 Å². The number of benzene rings is 1. The molecule has 0 saturated carbocycles. The monoisotopic (exact) mass is 328 g/mol. The predicted molar refractivity (Wildman–Crippen MR) is 81.0 cm³/mol. The van der Waals surface area contributed by atoms with Gasteiger partial charge in [-0.3, -0.25) is 4.79 Å². The van der Waals surface area contributed by atoms with Crippen molar-refractivity contribution in [2.24, 2.45) is 0 Å². The first-order chi connectivity index (χ1) is 9.13. The first-order valence-corrected chi connectivity index (χ1v) is 7.92. The lowest BCUT2D eigenvalue weighted by atomic mass is 10.0. The maximum atomic E-state index is 13.2. The number of hydrogen-bond acceptors (Lipinski definition) is 1. The molecular weight excluding hydrogens is 307 g/mol. The molecule has 1 aromatic rings. The molecule has 0 N–H and O–H groups in total. The topological polar surface area (TPSA) is 17.1 Å². The van der Waals surface area contributed by atoms with Crippen LogP contribution in [0.4, 0.5) is 4.39 Å². The number of rotatable bonds is 9. The number of unbranched alkanes of at least 4 members (excludes halogenated alkanes) is 6. The first kappa shape index (κ1) is 16.4. The van der Waals surface area contributed by atoms with Crippen molar-refractivity contribution in [2.75, 3.05) is 0 Å². The quantitative estimate of drug-likeness (QED) is 0.406. The third-order valence-corrected chi connectivity index (χ3v) is 3.65. The minimum absolute atomic E-state index is 0.0359. The zero-order chi connectivity index (χ0) is 14.1. The van der Waals surface area contributed by atoms with Gasteiger partial charge in [-0.1, -0.05) is 61.4 Å². The molecule has 1 aromatic carbocycles. The van der Waals surface area contributed by atoms with Gasteiger partial charge in [-0.15, -0.1) is 0 Å². The van der Waals surface area contributed by atoms with Crippen LogP contribution >= 0.6 is 15.9 Å². The lowest BCUT2D eigenvalue weighted by molar-refractivity contribution is 0.0978. The van der Waals surface area contributed by atoms with Gasteiger partial charge in [0.1, 0.15) is 5.82 Å². The van der Waals surface area contributed by atoms with Gasteiger partial charge in [0.25, 0.3) is 0 Å². The molecule has 0 aliphatic carbocycles. The van der Waals surface area contributed by atoms with Gasteiger partial charge in [0, 0.05) is 16.5 Å². The molecule has 0 radical (unpaired) electrons. The highest BCUT2D eigenvalue weighted by molar-refractivity contribution is 9.10. The average molecular weight is 329 g/mol. The number of carbonyl (C=O) groups excluding carboxylic acids is 1. The SMILES string of the molecule is CCCCCCCCCC(=O)c1cc(F)cc(Br)c1. The number of carbonyl (C=O) groups is 1. The zero-order valence-corrected chi connectivity index (χ0v) is 13.1. The second-order valence-corrected chi connectivity index (χ2v) is 5.87. The van der Waals surface area contributed by atoms with Crippen molar-refractivity contribution in [2.45, 2.75) is 58.3 Å². The molecule has 1 rings (SSSR count). The Morgan fingerprint density at radius 1 is 1.05 bits per heavy atom. The number of halogens is 2. The summed E-state index contributed by atoms with van der Waals surface area (Å²) in [7, 11) is 0. The Balaban J connectivity index is 2.24. The lowest BCUT2D eigenvalue weighted by Gasteiger charge is -2.03. The summed E-state index contributed by atoms with van der Waals surface area (Å²) in [6, 6.07) is 4.37. The fourth-order valence-corrected chi connectivity index (χ4v) is 2.57. The number of hydrogen-bond donors (Lipinski definition) is 0. The van der Waals surface area contributed by atoms with E-state index in [-0.39, 0.29) is 11.6 Å². The molecular formula is C16H22BrFO. The fourth-order valence-electron chi connectivity index (χ4n) is 2.10. The predicted octanol–water partition coefficient (Wildman–Crippen LogP) is 5.91. The van der Waals surface area contributed by atoms with Gasteiger partial charge in [0.15, 0.2) is 5.78 Å². The highest BCUT2D eigenvalue weighted by atomic mass is 79.9. The maximum Gasteiger partial charge on any atom is 0.163 e. The molecule has 0 aliphatic heterocycles. The van der Waals surface area contributed by atoms with Gasteiger partial charge >= 0.3 is 0 Å². The van der Waals surface area contributed by atoms with E-state index in [2.05, 4.69) is 22.9 Å². The van der Waals surface area contributed by atoms with Crippen LogP contribution in [0.5, 0.6) is 0 Å². The summed E-state index contributed by atoms with van der Waals surface area (Å²) in [5, 5.41) is 0. The zero-order valence-electron chi connectivity index (χ0n) is 11.6. The molecule has 0 unspecified atom stereocenters. The van der Waals surface area contributed by atoms with E-state index < -0.39 is 0 Å². The van der Waals surface area contributed by atoms with E-state index in [1.165, 1.54) is 44.2 Å². The van der Waals surface area contributed by atoms with Gasteiger partial charge < -0.3 is 0 Å². The molecule has 0 spiro atoms. The second kappa shape index (κ2) is 9.24. The summed E-state index contributed by atoms with van der Waals surface area (Å²) in [6.45, 7) is 2.20. The van der Waals surface area contributed by atoms with Crippen LogP contribution in [-0.4, -0.2) is 5.78 Å². The summed E-state index contributed by atoms with van der Waals surface area (Å²) >= 11 is 3.21. The average Bonchev–Trinajstić information content (AvgIpc) is 2.36. The highest BCUT2D eigenvalue weighted by Crippen LogP contribution is 2.17. The lowest BCUT2D eigenvalue weighted by Crippen LogP contribution is -1.99. The van der Waals surface area contributed by atoms with Crippen molar-refractivity contribution in [3.63, 3.8) is 0 Å². The van der Waals surface area contributed by atoms with Crippen molar-refractivity contribution in [3.8, 4) is 0 Å². The molecule has 106 valence electrons. The van der Waals surface area contributed by atoms with Crippen molar-refractivity contribution >= 4 is 21.7 Å². The Bertz CT molecular complexity index is 383. The fraction of sp³-hybridized carbons (Fsp3) is 0.562. The van der Waals surface area contributed by atoms with Gasteiger partial charge in [0.2, 0.25) is 0 Å². The van der Waals surface area contributed by atoms with Crippen molar-refractivity contribution in [1.29, 1.82) is 0 Å². The van der Waals surface area contributed by atoms with Gasteiger partial charge in [0.05, 0.1) is 0 Å². The molecule has 0 atom stereocenters. The van der Waals surface area contributed by atoms with E-state index in [1.54, 1.807) is 6.07 Å². The number of ketones is 1. The summed E-state index contributed by atoms with van der Waals surface area (Å²) < 4.78 is 13.8. The Kier molecular flexibility index (Phi) is 7.96. The normalized spacial score (nSPS) is 10.7. The van der Waals surface area contributed by atoms with E-state index in [0.717, 1.165) is 12.8 Å². The van der Waals surface area contributed by atoms with Crippen molar-refractivity contribution in [3.05, 3.63) is 34.1 Å². The Morgan fingerprint density at radius 2 is 1.68 bits per heavy atom. The van der Waals surface area contributed by atoms with E-state index in [1.807, 2.05) is 0 Å². The van der Waals surface area contributed by atoms with E-state index >= 15 is 0 Å². The minimum atomic E-state index is -0.364. The van der Waals surface area contributed by atoms with E-state index in [0.29, 0.717) is 16.5 Å². The summed E-state index contributed by atoms with van der Waals surface area (Å²) in [6.07, 6.45) is 8.81. The molecule has 0 bridgehead atoms. The van der Waals surface area contributed by atoms with Gasteiger partial charge in [-0.05, 0) is 24.6 Å². The van der Waals surface area contributed by atoms with Crippen LogP contribution in [0.1, 0.15) is 68.6 Å². The minimum Gasteiger partial charge on any atom is -0.294 e. The molecule has 0 aliphatic rings. The van der Waals surface area contributed by atoms with Gasteiger partial charge in [-0.2, -0.15) is 0 Å². The van der Waals surface area contributed by atoms with Crippen LogP contribution in [0.2, 0.25) is 0 Å². The van der Waals surface area contributed by atoms with E-state index in [4.69, 9.17) is 0 Å². The molecule has 1 nitrogen and oxygen atoms in total. The van der Waals surface area contributed by atoms with Crippen LogP contribution in [0, 0.1) is 5.82 Å². The third kappa shape index (κ3) is 6.86. The van der Waals surface area contributed by atoms with Crippen LogP contribution in [-0.2, 0) is 0 Å². The highest BCUT2D eigenvalue weighted by Gasteiger charge is 2.08.